The summed E-state index contributed by atoms with van der Waals surface area (Å²) in [5.74, 6) is 0.614. The molecule has 0 atom stereocenters. The highest BCUT2D eigenvalue weighted by Crippen LogP contribution is 2.35. The van der Waals surface area contributed by atoms with Crippen LogP contribution >= 0.6 is 11.3 Å². The van der Waals surface area contributed by atoms with Gasteiger partial charge in [0.2, 0.25) is 0 Å². The minimum Gasteiger partial charge on any atom is -0.495 e. The molecule has 0 radical (unpaired) electrons. The second kappa shape index (κ2) is 4.59. The van der Waals surface area contributed by atoms with E-state index in [1.165, 1.54) is 11.3 Å². The molecule has 98 valence electrons. The van der Waals surface area contributed by atoms with E-state index in [2.05, 4.69) is 0 Å². The molecule has 2 aromatic rings. The predicted octanol–water partition coefficient (Wildman–Crippen LogP) is 2.54. The molecule has 1 aliphatic heterocycles. The number of nitrogen functional groups attached to an aromatic ring is 1. The lowest BCUT2D eigenvalue weighted by Gasteiger charge is -2.17. The lowest BCUT2D eigenvalue weighted by molar-refractivity contribution is 0.0990. The third-order valence-corrected chi connectivity index (χ3v) is 4.24. The monoisotopic (exact) mass is 274 g/mol. The summed E-state index contributed by atoms with van der Waals surface area (Å²) in [5, 5.41) is 1.86. The molecule has 1 aromatic heterocycles. The maximum Gasteiger partial charge on any atom is 0.272 e. The van der Waals surface area contributed by atoms with E-state index in [1.807, 2.05) is 29.6 Å². The highest BCUT2D eigenvalue weighted by Gasteiger charge is 2.29. The van der Waals surface area contributed by atoms with Crippen LogP contribution in [0.3, 0.4) is 0 Å². The Morgan fingerprint density at radius 2 is 2.26 bits per heavy atom. The van der Waals surface area contributed by atoms with Crippen molar-refractivity contribution in [3.05, 3.63) is 40.1 Å². The van der Waals surface area contributed by atoms with Gasteiger partial charge in [0.1, 0.15) is 10.6 Å². The number of carbonyl (C=O) groups excluding carboxylic acids is 1. The van der Waals surface area contributed by atoms with E-state index in [4.69, 9.17) is 10.5 Å². The number of hydrogen-bond donors (Lipinski definition) is 1. The van der Waals surface area contributed by atoms with Gasteiger partial charge in [-0.2, -0.15) is 0 Å². The largest absolute Gasteiger partial charge is 0.495 e. The Bertz CT molecular complexity index is 636. The molecule has 4 nitrogen and oxygen atoms in total. The van der Waals surface area contributed by atoms with Crippen LogP contribution in [0.15, 0.2) is 29.6 Å². The number of carbonyl (C=O) groups is 1. The van der Waals surface area contributed by atoms with Gasteiger partial charge in [-0.05, 0) is 30.0 Å². The van der Waals surface area contributed by atoms with E-state index in [9.17, 15) is 4.79 Å². The Morgan fingerprint density at radius 1 is 1.42 bits per heavy atom. The highest BCUT2D eigenvalue weighted by atomic mass is 32.1. The molecule has 2 heterocycles. The Labute approximate surface area is 115 Å². The summed E-state index contributed by atoms with van der Waals surface area (Å²) in [5.41, 5.74) is 8.68. The quantitative estimate of drug-likeness (QED) is 0.856. The lowest BCUT2D eigenvalue weighted by atomic mass is 10.1. The van der Waals surface area contributed by atoms with E-state index in [1.54, 1.807) is 12.0 Å². The van der Waals surface area contributed by atoms with Crippen LogP contribution < -0.4 is 15.4 Å². The SMILES string of the molecule is COc1ccsc1C(=O)N1CCc2c(N)cccc21. The van der Waals surface area contributed by atoms with E-state index >= 15 is 0 Å². The summed E-state index contributed by atoms with van der Waals surface area (Å²) in [6, 6.07) is 7.51. The van der Waals surface area contributed by atoms with E-state index in [0.717, 1.165) is 23.4 Å². The molecule has 0 bridgehead atoms. The molecule has 2 N–H and O–H groups in total. The fourth-order valence-corrected chi connectivity index (χ4v) is 3.22. The number of fused-ring (bicyclic) bond motifs is 1. The van der Waals surface area contributed by atoms with Crippen LogP contribution in [-0.4, -0.2) is 19.6 Å². The Kier molecular flexibility index (Phi) is 2.91. The molecule has 5 heteroatoms. The number of thiophene rings is 1. The van der Waals surface area contributed by atoms with Gasteiger partial charge in [0, 0.05) is 23.5 Å². The number of ether oxygens (including phenoxy) is 1. The first-order chi connectivity index (χ1) is 9.22. The molecule has 19 heavy (non-hydrogen) atoms. The molecule has 1 aromatic carbocycles. The molecule has 3 rings (SSSR count). The number of amides is 1. The summed E-state index contributed by atoms with van der Waals surface area (Å²) < 4.78 is 5.22. The molecule has 0 spiro atoms. The number of anilines is 2. The Morgan fingerprint density at radius 3 is 3.05 bits per heavy atom. The smallest absolute Gasteiger partial charge is 0.272 e. The average molecular weight is 274 g/mol. The van der Waals surface area contributed by atoms with Gasteiger partial charge in [0.05, 0.1) is 7.11 Å². The summed E-state index contributed by atoms with van der Waals surface area (Å²) in [6.45, 7) is 0.670. The van der Waals surface area contributed by atoms with Gasteiger partial charge in [-0.1, -0.05) is 6.07 Å². The van der Waals surface area contributed by atoms with Crippen LogP contribution in [0.4, 0.5) is 11.4 Å². The predicted molar refractivity (Wildman–Crippen MR) is 77.1 cm³/mol. The van der Waals surface area contributed by atoms with Gasteiger partial charge in [-0.3, -0.25) is 4.79 Å². The second-order valence-corrected chi connectivity index (χ2v) is 5.29. The minimum absolute atomic E-state index is 0.0174. The Balaban J connectivity index is 1.98. The van der Waals surface area contributed by atoms with Crippen molar-refractivity contribution in [3.8, 4) is 5.75 Å². The molecular weight excluding hydrogens is 260 g/mol. The second-order valence-electron chi connectivity index (χ2n) is 4.37. The molecule has 0 saturated carbocycles. The zero-order valence-electron chi connectivity index (χ0n) is 10.6. The Hall–Kier alpha value is -2.01. The molecule has 0 aliphatic carbocycles. The van der Waals surface area contributed by atoms with Gasteiger partial charge in [-0.15, -0.1) is 11.3 Å². The highest BCUT2D eigenvalue weighted by molar-refractivity contribution is 7.12. The fraction of sp³-hybridized carbons (Fsp3) is 0.214. The van der Waals surface area contributed by atoms with Crippen molar-refractivity contribution in [3.63, 3.8) is 0 Å². The van der Waals surface area contributed by atoms with Crippen molar-refractivity contribution >= 4 is 28.6 Å². The summed E-state index contributed by atoms with van der Waals surface area (Å²) in [7, 11) is 1.58. The van der Waals surface area contributed by atoms with Gasteiger partial charge < -0.3 is 15.4 Å². The summed E-state index contributed by atoms with van der Waals surface area (Å²) in [6.07, 6.45) is 0.807. The van der Waals surface area contributed by atoms with E-state index in [0.29, 0.717) is 17.2 Å². The van der Waals surface area contributed by atoms with E-state index in [-0.39, 0.29) is 5.91 Å². The first kappa shape index (κ1) is 12.0. The van der Waals surface area contributed by atoms with Crippen molar-refractivity contribution in [2.75, 3.05) is 24.3 Å². The maximum atomic E-state index is 12.6. The van der Waals surface area contributed by atoms with Gasteiger partial charge in [-0.25, -0.2) is 0 Å². The number of hydrogen-bond acceptors (Lipinski definition) is 4. The first-order valence-electron chi connectivity index (χ1n) is 6.03. The zero-order chi connectivity index (χ0) is 13.4. The molecule has 0 saturated heterocycles. The van der Waals surface area contributed by atoms with E-state index < -0.39 is 0 Å². The van der Waals surface area contributed by atoms with Crippen LogP contribution in [0, 0.1) is 0 Å². The topological polar surface area (TPSA) is 55.6 Å². The van der Waals surface area contributed by atoms with Gasteiger partial charge in [0.25, 0.3) is 5.91 Å². The summed E-state index contributed by atoms with van der Waals surface area (Å²) in [4.78, 5) is 15.0. The van der Waals surface area contributed by atoms with Crippen molar-refractivity contribution in [1.29, 1.82) is 0 Å². The number of nitrogens with zero attached hydrogens (tertiary/aromatic N) is 1. The third-order valence-electron chi connectivity index (χ3n) is 3.35. The van der Waals surface area contributed by atoms with Crippen molar-refractivity contribution in [2.24, 2.45) is 0 Å². The van der Waals surface area contributed by atoms with Crippen LogP contribution in [0.1, 0.15) is 15.2 Å². The normalized spacial score (nSPS) is 13.4. The van der Waals surface area contributed by atoms with Crippen molar-refractivity contribution in [1.82, 2.24) is 0 Å². The molecule has 0 fully saturated rings. The van der Waals surface area contributed by atoms with Crippen LogP contribution in [-0.2, 0) is 6.42 Å². The molecule has 1 amide bonds. The van der Waals surface area contributed by atoms with Crippen LogP contribution in [0.5, 0.6) is 5.75 Å². The molecule has 0 unspecified atom stereocenters. The van der Waals surface area contributed by atoms with Crippen LogP contribution in [0.25, 0.3) is 0 Å². The number of methoxy groups -OCH3 is 1. The zero-order valence-corrected chi connectivity index (χ0v) is 11.4. The molecule has 1 aliphatic rings. The molecular formula is C14H14N2O2S. The first-order valence-corrected chi connectivity index (χ1v) is 6.91. The van der Waals surface area contributed by atoms with Crippen molar-refractivity contribution < 1.29 is 9.53 Å². The average Bonchev–Trinajstić information content (AvgIpc) is 3.05. The minimum atomic E-state index is -0.0174. The van der Waals surface area contributed by atoms with Gasteiger partial charge >= 0.3 is 0 Å². The fourth-order valence-electron chi connectivity index (χ4n) is 2.41. The lowest BCUT2D eigenvalue weighted by Crippen LogP contribution is -2.28. The standard InChI is InChI=1S/C14H14N2O2S/c1-18-12-6-8-19-13(12)14(17)16-7-5-9-10(15)3-2-4-11(9)16/h2-4,6,8H,5,7,15H2,1H3. The number of rotatable bonds is 2. The number of nitrogens with two attached hydrogens (primary N) is 1. The maximum absolute atomic E-state index is 12.6. The van der Waals surface area contributed by atoms with Crippen molar-refractivity contribution in [2.45, 2.75) is 6.42 Å². The third kappa shape index (κ3) is 1.86. The number of benzene rings is 1. The summed E-state index contributed by atoms with van der Waals surface area (Å²) >= 11 is 1.40. The van der Waals surface area contributed by atoms with Crippen LogP contribution in [0.2, 0.25) is 0 Å². The van der Waals surface area contributed by atoms with Gasteiger partial charge in [0.15, 0.2) is 0 Å².